The average molecular weight is 355 g/mol. The van der Waals surface area contributed by atoms with Crippen LogP contribution < -0.4 is 5.32 Å². The van der Waals surface area contributed by atoms with Gasteiger partial charge in [0.05, 0.1) is 0 Å². The van der Waals surface area contributed by atoms with Gasteiger partial charge in [-0.3, -0.25) is 0 Å². The molecule has 1 aliphatic rings. The number of carbonyl (C=O) groups excluding carboxylic acids is 1. The number of hydrogen-bond donors (Lipinski definition) is 1. The third kappa shape index (κ3) is 4.18. The summed E-state index contributed by atoms with van der Waals surface area (Å²) in [5.41, 5.74) is 4.64. The van der Waals surface area contributed by atoms with Crippen LogP contribution in [0, 0.1) is 6.92 Å². The Kier molecular flexibility index (Phi) is 5.09. The van der Waals surface area contributed by atoms with E-state index in [0.717, 1.165) is 23.5 Å². The maximum absolute atomic E-state index is 12.7. The minimum absolute atomic E-state index is 0.0273. The molecule has 3 rings (SSSR count). The third-order valence-electron chi connectivity index (χ3n) is 4.48. The Bertz CT molecular complexity index is 749. The van der Waals surface area contributed by atoms with E-state index in [1.54, 1.807) is 0 Å². The Morgan fingerprint density at radius 3 is 2.52 bits per heavy atom. The van der Waals surface area contributed by atoms with Crippen LogP contribution in [0.3, 0.4) is 0 Å². The lowest BCUT2D eigenvalue weighted by Gasteiger charge is -2.25. The van der Waals surface area contributed by atoms with Crippen molar-refractivity contribution < 1.29 is 4.79 Å². The van der Waals surface area contributed by atoms with Gasteiger partial charge in [0.2, 0.25) is 0 Å². The smallest absolute Gasteiger partial charge is 0.308 e. The maximum atomic E-state index is 12.7. The number of urea groups is 1. The van der Waals surface area contributed by atoms with Crippen molar-refractivity contribution in [3.05, 3.63) is 65.2 Å². The fraction of sp³-hybridized carbons (Fsp3) is 0.381. The largest absolute Gasteiger partial charge is 0.323 e. The maximum Gasteiger partial charge on any atom is 0.323 e. The highest BCUT2D eigenvalue weighted by molar-refractivity contribution is 7.99. The van der Waals surface area contributed by atoms with Crippen molar-refractivity contribution in [3.8, 4) is 0 Å². The van der Waals surface area contributed by atoms with Gasteiger partial charge in [-0.1, -0.05) is 57.2 Å². The Morgan fingerprint density at radius 1 is 1.16 bits per heavy atom. The summed E-state index contributed by atoms with van der Waals surface area (Å²) in [5.74, 6) is 0.965. The number of nitrogens with zero attached hydrogens (tertiary/aromatic N) is 1. The molecule has 2 amide bonds. The fourth-order valence-electron chi connectivity index (χ4n) is 3.02. The van der Waals surface area contributed by atoms with Gasteiger partial charge in [0.1, 0.15) is 5.37 Å². The quantitative estimate of drug-likeness (QED) is 0.764. The molecule has 3 nitrogen and oxygen atoms in total. The molecule has 0 aromatic heterocycles. The summed E-state index contributed by atoms with van der Waals surface area (Å²) in [5, 5.41) is 3.12. The molecule has 0 radical (unpaired) electrons. The second-order valence-electron chi connectivity index (χ2n) is 7.59. The molecule has 25 heavy (non-hydrogen) atoms. The molecule has 0 saturated carbocycles. The topological polar surface area (TPSA) is 32.3 Å². The van der Waals surface area contributed by atoms with Crippen LogP contribution in [0.15, 0.2) is 48.5 Å². The highest BCUT2D eigenvalue weighted by Gasteiger charge is 2.31. The van der Waals surface area contributed by atoms with Gasteiger partial charge < -0.3 is 10.2 Å². The summed E-state index contributed by atoms with van der Waals surface area (Å²) in [6.07, 6.45) is 0. The van der Waals surface area contributed by atoms with Crippen molar-refractivity contribution in [2.45, 2.75) is 38.5 Å². The number of benzene rings is 2. The fourth-order valence-corrected chi connectivity index (χ4v) is 4.28. The van der Waals surface area contributed by atoms with E-state index < -0.39 is 0 Å². The van der Waals surface area contributed by atoms with Crippen LogP contribution in [-0.2, 0) is 5.41 Å². The minimum atomic E-state index is -0.0273. The summed E-state index contributed by atoms with van der Waals surface area (Å²) >= 11 is 1.82. The monoisotopic (exact) mass is 354 g/mol. The first kappa shape index (κ1) is 17.9. The lowest BCUT2D eigenvalue weighted by molar-refractivity contribution is 0.214. The highest BCUT2D eigenvalue weighted by Crippen LogP contribution is 2.38. The van der Waals surface area contributed by atoms with E-state index in [1.807, 2.05) is 47.9 Å². The Labute approximate surface area is 154 Å². The lowest BCUT2D eigenvalue weighted by atomic mass is 9.87. The van der Waals surface area contributed by atoms with Crippen LogP contribution in [0.2, 0.25) is 0 Å². The first-order valence-corrected chi connectivity index (χ1v) is 9.76. The molecule has 2 aromatic carbocycles. The van der Waals surface area contributed by atoms with Gasteiger partial charge >= 0.3 is 6.03 Å². The number of amides is 2. The zero-order chi connectivity index (χ0) is 18.0. The molecule has 4 heteroatoms. The number of aryl methyl sites for hydroxylation is 1. The van der Waals surface area contributed by atoms with Crippen molar-refractivity contribution in [1.29, 1.82) is 0 Å². The van der Waals surface area contributed by atoms with Gasteiger partial charge in [-0.15, -0.1) is 11.8 Å². The second kappa shape index (κ2) is 7.12. The summed E-state index contributed by atoms with van der Waals surface area (Å²) in [6, 6.07) is 16.6. The van der Waals surface area contributed by atoms with E-state index in [4.69, 9.17) is 0 Å². The van der Waals surface area contributed by atoms with Gasteiger partial charge in [-0.05, 0) is 41.2 Å². The van der Waals surface area contributed by atoms with E-state index >= 15 is 0 Å². The molecule has 0 bridgehead atoms. The van der Waals surface area contributed by atoms with E-state index in [2.05, 4.69) is 50.4 Å². The number of nitrogens with one attached hydrogen (secondary N) is 1. The zero-order valence-electron chi connectivity index (χ0n) is 15.4. The van der Waals surface area contributed by atoms with Crippen molar-refractivity contribution in [2.24, 2.45) is 0 Å². The van der Waals surface area contributed by atoms with Gasteiger partial charge in [0, 0.05) is 18.0 Å². The van der Waals surface area contributed by atoms with Gasteiger partial charge in [0.15, 0.2) is 0 Å². The van der Waals surface area contributed by atoms with E-state index in [9.17, 15) is 4.79 Å². The molecule has 1 fully saturated rings. The molecular formula is C21H26N2OS. The Morgan fingerprint density at radius 2 is 1.88 bits per heavy atom. The molecule has 1 saturated heterocycles. The molecular weight excluding hydrogens is 328 g/mol. The SMILES string of the molecule is Cc1cccc(NC(=O)N2CCS[C@H]2c2ccc(C(C)(C)C)cc2)c1. The van der Waals surface area contributed by atoms with E-state index in [0.29, 0.717) is 0 Å². The predicted molar refractivity (Wildman–Crippen MR) is 107 cm³/mol. The number of thioether (sulfide) groups is 1. The predicted octanol–water partition coefficient (Wildman–Crippen LogP) is 5.57. The van der Waals surface area contributed by atoms with Crippen molar-refractivity contribution in [3.63, 3.8) is 0 Å². The molecule has 132 valence electrons. The summed E-state index contributed by atoms with van der Waals surface area (Å²) in [7, 11) is 0. The molecule has 1 aliphatic heterocycles. The second-order valence-corrected chi connectivity index (χ2v) is 8.78. The standard InChI is InChI=1S/C21H26N2OS/c1-15-6-5-7-18(14-15)22-20(24)23-12-13-25-19(23)16-8-10-17(11-9-16)21(2,3)4/h5-11,14,19H,12-13H2,1-4H3,(H,22,24)/t19-/m0/s1. The van der Waals surface area contributed by atoms with Crippen LogP contribution in [0.1, 0.15) is 42.8 Å². The van der Waals surface area contributed by atoms with E-state index in [-0.39, 0.29) is 16.8 Å². The lowest BCUT2D eigenvalue weighted by Crippen LogP contribution is -2.34. The number of anilines is 1. The van der Waals surface area contributed by atoms with Gasteiger partial charge in [-0.25, -0.2) is 4.79 Å². The number of rotatable bonds is 2. The Hall–Kier alpha value is -1.94. The van der Waals surface area contributed by atoms with Crippen LogP contribution in [-0.4, -0.2) is 23.2 Å². The summed E-state index contributed by atoms with van der Waals surface area (Å²) < 4.78 is 0. The molecule has 0 unspecified atom stereocenters. The van der Waals surface area contributed by atoms with Crippen molar-refractivity contribution in [1.82, 2.24) is 4.90 Å². The molecule has 1 N–H and O–H groups in total. The number of hydrogen-bond acceptors (Lipinski definition) is 2. The van der Waals surface area contributed by atoms with Crippen molar-refractivity contribution >= 4 is 23.5 Å². The normalized spacial score (nSPS) is 17.6. The molecule has 2 aromatic rings. The molecule has 0 aliphatic carbocycles. The Balaban J connectivity index is 1.74. The van der Waals surface area contributed by atoms with Crippen LogP contribution in [0.25, 0.3) is 0 Å². The molecule has 1 atom stereocenters. The average Bonchev–Trinajstić information content (AvgIpc) is 3.04. The van der Waals surface area contributed by atoms with Crippen LogP contribution >= 0.6 is 11.8 Å². The number of carbonyl (C=O) groups is 1. The molecule has 1 heterocycles. The first-order chi connectivity index (χ1) is 11.8. The van der Waals surface area contributed by atoms with Crippen molar-refractivity contribution in [2.75, 3.05) is 17.6 Å². The first-order valence-electron chi connectivity index (χ1n) is 8.71. The van der Waals surface area contributed by atoms with E-state index in [1.165, 1.54) is 11.1 Å². The zero-order valence-corrected chi connectivity index (χ0v) is 16.2. The summed E-state index contributed by atoms with van der Waals surface area (Å²) in [6.45, 7) is 9.45. The van der Waals surface area contributed by atoms with Crippen LogP contribution in [0.5, 0.6) is 0 Å². The van der Waals surface area contributed by atoms with Crippen LogP contribution in [0.4, 0.5) is 10.5 Å². The molecule has 0 spiro atoms. The van der Waals surface area contributed by atoms with Gasteiger partial charge in [0.25, 0.3) is 0 Å². The minimum Gasteiger partial charge on any atom is -0.308 e. The third-order valence-corrected chi connectivity index (χ3v) is 5.74. The highest BCUT2D eigenvalue weighted by atomic mass is 32.2. The van der Waals surface area contributed by atoms with Gasteiger partial charge in [-0.2, -0.15) is 0 Å². The summed E-state index contributed by atoms with van der Waals surface area (Å²) in [4.78, 5) is 14.7.